The summed E-state index contributed by atoms with van der Waals surface area (Å²) in [4.78, 5) is 19.1. The largest absolute Gasteiger partial charge is 0.478 e. The molecule has 3 rings (SSSR count). The van der Waals surface area contributed by atoms with E-state index in [4.69, 9.17) is 14.6 Å². The Morgan fingerprint density at radius 2 is 2.35 bits per heavy atom. The van der Waals surface area contributed by atoms with Gasteiger partial charge in [0.2, 0.25) is 5.88 Å². The lowest BCUT2D eigenvalue weighted by Gasteiger charge is -2.11. The third-order valence-corrected chi connectivity index (χ3v) is 3.33. The minimum Gasteiger partial charge on any atom is -0.478 e. The molecule has 0 spiro atoms. The number of nitrogens with zero attached hydrogens (tertiary/aromatic N) is 2. The molecule has 20 heavy (non-hydrogen) atoms. The van der Waals surface area contributed by atoms with Gasteiger partial charge in [-0.2, -0.15) is 0 Å². The molecule has 1 unspecified atom stereocenters. The summed E-state index contributed by atoms with van der Waals surface area (Å²) in [5.41, 5.74) is 0.768. The van der Waals surface area contributed by atoms with Crippen molar-refractivity contribution in [2.75, 3.05) is 19.8 Å². The molecule has 2 aromatic rings. The number of hydrogen-bond acceptors (Lipinski definition) is 5. The van der Waals surface area contributed by atoms with Crippen LogP contribution in [0.25, 0.3) is 10.9 Å². The zero-order valence-corrected chi connectivity index (χ0v) is 10.8. The van der Waals surface area contributed by atoms with E-state index in [9.17, 15) is 4.79 Å². The fraction of sp³-hybridized carbons (Fsp3) is 0.357. The number of rotatable bonds is 4. The number of ether oxygens (including phenoxy) is 2. The molecular formula is C14H14N2O4. The second-order valence-corrected chi connectivity index (χ2v) is 4.76. The van der Waals surface area contributed by atoms with Crippen molar-refractivity contribution in [3.05, 3.63) is 30.1 Å². The maximum absolute atomic E-state index is 10.9. The van der Waals surface area contributed by atoms with E-state index in [1.165, 1.54) is 18.5 Å². The summed E-state index contributed by atoms with van der Waals surface area (Å²) in [6.07, 6.45) is 2.38. The summed E-state index contributed by atoms with van der Waals surface area (Å²) in [7, 11) is 0. The predicted molar refractivity (Wildman–Crippen MR) is 70.9 cm³/mol. The van der Waals surface area contributed by atoms with Crippen LogP contribution in [0, 0.1) is 5.92 Å². The molecular weight excluding hydrogens is 260 g/mol. The van der Waals surface area contributed by atoms with Crippen molar-refractivity contribution >= 4 is 16.9 Å². The van der Waals surface area contributed by atoms with Crippen LogP contribution in [0.1, 0.15) is 16.8 Å². The lowest BCUT2D eigenvalue weighted by atomic mass is 10.1. The predicted octanol–water partition coefficient (Wildman–Crippen LogP) is 1.74. The maximum atomic E-state index is 10.9. The number of fused-ring (bicyclic) bond motifs is 1. The van der Waals surface area contributed by atoms with Gasteiger partial charge in [0.05, 0.1) is 29.7 Å². The minimum atomic E-state index is -0.976. The van der Waals surface area contributed by atoms with Crippen molar-refractivity contribution in [1.29, 1.82) is 0 Å². The summed E-state index contributed by atoms with van der Waals surface area (Å²) in [6.45, 7) is 2.04. The summed E-state index contributed by atoms with van der Waals surface area (Å²) in [6, 6.07) is 4.73. The van der Waals surface area contributed by atoms with E-state index in [0.717, 1.165) is 18.4 Å². The number of aromatic nitrogens is 2. The van der Waals surface area contributed by atoms with Crippen LogP contribution in [0.3, 0.4) is 0 Å². The quantitative estimate of drug-likeness (QED) is 0.914. The molecule has 0 amide bonds. The summed E-state index contributed by atoms with van der Waals surface area (Å²) in [5, 5.41) is 9.69. The second kappa shape index (κ2) is 5.42. The Morgan fingerprint density at radius 3 is 3.10 bits per heavy atom. The van der Waals surface area contributed by atoms with Crippen LogP contribution in [-0.2, 0) is 4.74 Å². The van der Waals surface area contributed by atoms with Gasteiger partial charge < -0.3 is 14.6 Å². The van der Waals surface area contributed by atoms with Gasteiger partial charge >= 0.3 is 5.97 Å². The smallest absolute Gasteiger partial charge is 0.335 e. The standard InChI is InChI=1S/C14H14N2O4/c17-14(18)10-1-2-11-12(5-10)15-8-16-13(11)20-7-9-3-4-19-6-9/h1-2,5,8-9H,3-4,6-7H2,(H,17,18). The molecule has 1 fully saturated rings. The number of carboxylic acids is 1. The highest BCUT2D eigenvalue weighted by molar-refractivity contribution is 5.94. The molecule has 6 nitrogen and oxygen atoms in total. The van der Waals surface area contributed by atoms with Crippen molar-refractivity contribution in [3.8, 4) is 5.88 Å². The molecule has 1 aliphatic heterocycles. The molecule has 1 saturated heterocycles. The molecule has 1 N–H and O–H groups in total. The van der Waals surface area contributed by atoms with E-state index in [1.807, 2.05) is 0 Å². The number of benzene rings is 1. The lowest BCUT2D eigenvalue weighted by molar-refractivity contribution is 0.0697. The fourth-order valence-corrected chi connectivity index (χ4v) is 2.19. The monoisotopic (exact) mass is 274 g/mol. The van der Waals surface area contributed by atoms with E-state index in [1.54, 1.807) is 6.07 Å². The third kappa shape index (κ3) is 2.55. The molecule has 2 heterocycles. The van der Waals surface area contributed by atoms with Gasteiger partial charge in [0, 0.05) is 12.5 Å². The zero-order chi connectivity index (χ0) is 13.9. The van der Waals surface area contributed by atoms with E-state index in [2.05, 4.69) is 9.97 Å². The maximum Gasteiger partial charge on any atom is 0.335 e. The Bertz CT molecular complexity index is 638. The summed E-state index contributed by atoms with van der Waals surface area (Å²) < 4.78 is 11.0. The van der Waals surface area contributed by atoms with E-state index < -0.39 is 5.97 Å². The summed E-state index contributed by atoms with van der Waals surface area (Å²) >= 11 is 0. The van der Waals surface area contributed by atoms with Crippen LogP contribution in [0.4, 0.5) is 0 Å². The Kier molecular flexibility index (Phi) is 3.47. The normalized spacial score (nSPS) is 18.3. The highest BCUT2D eigenvalue weighted by atomic mass is 16.5. The molecule has 0 aliphatic carbocycles. The van der Waals surface area contributed by atoms with Crippen molar-refractivity contribution < 1.29 is 19.4 Å². The SMILES string of the molecule is O=C(O)c1ccc2c(OCC3CCOC3)ncnc2c1. The van der Waals surface area contributed by atoms with Gasteiger partial charge in [-0.15, -0.1) is 0 Å². The van der Waals surface area contributed by atoms with Gasteiger partial charge in [0.25, 0.3) is 0 Å². The van der Waals surface area contributed by atoms with E-state index >= 15 is 0 Å². The average Bonchev–Trinajstić information content (AvgIpc) is 2.97. The van der Waals surface area contributed by atoms with Gasteiger partial charge in [0.15, 0.2) is 0 Å². The molecule has 6 heteroatoms. The van der Waals surface area contributed by atoms with Crippen molar-refractivity contribution in [3.63, 3.8) is 0 Å². The second-order valence-electron chi connectivity index (χ2n) is 4.76. The third-order valence-electron chi connectivity index (χ3n) is 3.33. The van der Waals surface area contributed by atoms with E-state index in [0.29, 0.717) is 30.5 Å². The van der Waals surface area contributed by atoms with Crippen LogP contribution in [-0.4, -0.2) is 40.9 Å². The Morgan fingerprint density at radius 1 is 1.45 bits per heavy atom. The van der Waals surface area contributed by atoms with Gasteiger partial charge in [-0.1, -0.05) is 0 Å². The zero-order valence-electron chi connectivity index (χ0n) is 10.8. The number of aromatic carboxylic acids is 1. The topological polar surface area (TPSA) is 81.5 Å². The number of hydrogen-bond donors (Lipinski definition) is 1. The highest BCUT2D eigenvalue weighted by Crippen LogP contribution is 2.23. The lowest BCUT2D eigenvalue weighted by Crippen LogP contribution is -2.12. The van der Waals surface area contributed by atoms with Crippen LogP contribution in [0.15, 0.2) is 24.5 Å². The van der Waals surface area contributed by atoms with Gasteiger partial charge in [-0.05, 0) is 24.6 Å². The average molecular weight is 274 g/mol. The van der Waals surface area contributed by atoms with E-state index in [-0.39, 0.29) is 5.56 Å². The molecule has 1 aromatic heterocycles. The Labute approximate surface area is 115 Å². The highest BCUT2D eigenvalue weighted by Gasteiger charge is 2.17. The molecule has 0 saturated carbocycles. The Hall–Kier alpha value is -2.21. The first-order valence-corrected chi connectivity index (χ1v) is 6.42. The molecule has 1 atom stereocenters. The molecule has 0 radical (unpaired) electrons. The van der Waals surface area contributed by atoms with Gasteiger partial charge in [0.1, 0.15) is 6.33 Å². The van der Waals surface area contributed by atoms with Crippen LogP contribution < -0.4 is 4.74 Å². The molecule has 0 bridgehead atoms. The molecule has 104 valence electrons. The van der Waals surface area contributed by atoms with Gasteiger partial charge in [-0.3, -0.25) is 0 Å². The Balaban J connectivity index is 1.85. The minimum absolute atomic E-state index is 0.200. The number of carboxylic acid groups (broad SMARTS) is 1. The first-order chi connectivity index (χ1) is 9.74. The molecule has 1 aromatic carbocycles. The number of carbonyl (C=O) groups is 1. The molecule has 1 aliphatic rings. The van der Waals surface area contributed by atoms with Crippen molar-refractivity contribution in [1.82, 2.24) is 9.97 Å². The fourth-order valence-electron chi connectivity index (χ4n) is 2.19. The van der Waals surface area contributed by atoms with Crippen molar-refractivity contribution in [2.45, 2.75) is 6.42 Å². The van der Waals surface area contributed by atoms with Crippen LogP contribution in [0.2, 0.25) is 0 Å². The first-order valence-electron chi connectivity index (χ1n) is 6.42. The van der Waals surface area contributed by atoms with Crippen molar-refractivity contribution in [2.24, 2.45) is 5.92 Å². The van der Waals surface area contributed by atoms with Gasteiger partial charge in [-0.25, -0.2) is 14.8 Å². The first kappa shape index (κ1) is 12.8. The summed E-state index contributed by atoms with van der Waals surface area (Å²) in [5.74, 6) is -0.103. The van der Waals surface area contributed by atoms with Crippen LogP contribution >= 0.6 is 0 Å². The van der Waals surface area contributed by atoms with Crippen LogP contribution in [0.5, 0.6) is 5.88 Å².